The SMILES string of the molecule is C=C[Si](C)(C)C1CCCC(N(C)C(=O)C(F)(OC(F)(F)F)C(F)(F)F)C1. The minimum absolute atomic E-state index is 0.0810. The maximum absolute atomic E-state index is 14.1. The van der Waals surface area contributed by atoms with Gasteiger partial charge in [-0.2, -0.15) is 17.6 Å². The second-order valence-electron chi connectivity index (χ2n) is 7.10. The van der Waals surface area contributed by atoms with Crippen molar-refractivity contribution in [2.75, 3.05) is 7.05 Å². The third-order valence-electron chi connectivity index (χ3n) is 4.99. The molecule has 1 saturated carbocycles. The van der Waals surface area contributed by atoms with E-state index in [-0.39, 0.29) is 18.4 Å². The van der Waals surface area contributed by atoms with Gasteiger partial charge in [0.1, 0.15) is 0 Å². The highest BCUT2D eigenvalue weighted by atomic mass is 28.3. The molecule has 0 aromatic rings. The number of carbonyl (C=O) groups is 1. The summed E-state index contributed by atoms with van der Waals surface area (Å²) >= 11 is 0. The molecule has 0 aliphatic heterocycles. The van der Waals surface area contributed by atoms with Crippen LogP contribution in [-0.4, -0.2) is 50.4 Å². The van der Waals surface area contributed by atoms with E-state index in [0.29, 0.717) is 11.3 Å². The monoisotopic (exact) mass is 409 g/mol. The van der Waals surface area contributed by atoms with Gasteiger partial charge in [-0.15, -0.1) is 25.4 Å². The highest BCUT2D eigenvalue weighted by Gasteiger charge is 2.69. The topological polar surface area (TPSA) is 29.5 Å². The van der Waals surface area contributed by atoms with Crippen LogP contribution in [0.25, 0.3) is 0 Å². The Labute approximate surface area is 148 Å². The molecule has 3 atom stereocenters. The fourth-order valence-corrected chi connectivity index (χ4v) is 5.29. The molecule has 0 N–H and O–H groups in total. The number of hydrogen-bond acceptors (Lipinski definition) is 2. The molecular weight excluding hydrogens is 387 g/mol. The summed E-state index contributed by atoms with van der Waals surface area (Å²) < 4.78 is 92.2. The normalized spacial score (nSPS) is 24.7. The van der Waals surface area contributed by atoms with Crippen LogP contribution in [0.1, 0.15) is 25.7 Å². The first kappa shape index (κ1) is 22.9. The lowest BCUT2D eigenvalue weighted by molar-refractivity contribution is -0.434. The van der Waals surface area contributed by atoms with Crippen LogP contribution in [-0.2, 0) is 9.53 Å². The van der Waals surface area contributed by atoms with Gasteiger partial charge in [0.15, 0.2) is 0 Å². The lowest BCUT2D eigenvalue weighted by atomic mass is 9.93. The summed E-state index contributed by atoms with van der Waals surface area (Å²) in [5.74, 6) is -7.87. The number of likely N-dealkylation sites (N-methyl/N-ethyl adjacent to an activating group) is 1. The van der Waals surface area contributed by atoms with Gasteiger partial charge in [-0.1, -0.05) is 25.9 Å². The zero-order chi connectivity index (χ0) is 20.6. The Bertz CT molecular complexity index is 535. The molecule has 0 aromatic carbocycles. The molecule has 1 aliphatic carbocycles. The lowest BCUT2D eigenvalue weighted by Gasteiger charge is -2.42. The van der Waals surface area contributed by atoms with E-state index in [2.05, 4.69) is 11.3 Å². The molecule has 1 aliphatic rings. The Hall–Kier alpha value is -1.10. The first-order valence-corrected chi connectivity index (χ1v) is 11.1. The van der Waals surface area contributed by atoms with E-state index in [1.807, 2.05) is 18.8 Å². The van der Waals surface area contributed by atoms with Crippen molar-refractivity contribution in [1.82, 2.24) is 4.90 Å². The van der Waals surface area contributed by atoms with Crippen molar-refractivity contribution in [2.45, 2.75) is 68.8 Å². The van der Waals surface area contributed by atoms with Gasteiger partial charge < -0.3 is 4.90 Å². The molecule has 1 fully saturated rings. The second kappa shape index (κ2) is 7.49. The van der Waals surface area contributed by atoms with E-state index in [0.717, 1.165) is 13.5 Å². The predicted octanol–water partition coefficient (Wildman–Crippen LogP) is 4.96. The van der Waals surface area contributed by atoms with Crippen LogP contribution in [0, 0.1) is 0 Å². The smallest absolute Gasteiger partial charge is 0.337 e. The molecular formula is C15H22F7NO2Si. The van der Waals surface area contributed by atoms with Crippen molar-refractivity contribution < 1.29 is 40.3 Å². The van der Waals surface area contributed by atoms with E-state index >= 15 is 0 Å². The summed E-state index contributed by atoms with van der Waals surface area (Å²) in [6.45, 7) is 7.75. The highest BCUT2D eigenvalue weighted by molar-refractivity contribution is 6.83. The molecule has 0 heterocycles. The average molecular weight is 409 g/mol. The first-order valence-electron chi connectivity index (χ1n) is 7.98. The van der Waals surface area contributed by atoms with Gasteiger partial charge in [-0.25, -0.2) is 4.74 Å². The predicted molar refractivity (Wildman–Crippen MR) is 83.5 cm³/mol. The second-order valence-corrected chi connectivity index (χ2v) is 12.0. The van der Waals surface area contributed by atoms with Gasteiger partial charge in [-0.05, 0) is 18.4 Å². The van der Waals surface area contributed by atoms with Crippen molar-refractivity contribution in [1.29, 1.82) is 0 Å². The molecule has 1 amide bonds. The quantitative estimate of drug-likeness (QED) is 0.475. The third-order valence-corrected chi connectivity index (χ3v) is 8.67. The van der Waals surface area contributed by atoms with Crippen LogP contribution in [0.3, 0.4) is 0 Å². The number of nitrogens with zero attached hydrogens (tertiary/aromatic N) is 1. The highest BCUT2D eigenvalue weighted by Crippen LogP contribution is 2.43. The maximum atomic E-state index is 14.1. The van der Waals surface area contributed by atoms with E-state index in [1.54, 1.807) is 0 Å². The Morgan fingerprint density at radius 1 is 1.15 bits per heavy atom. The molecule has 26 heavy (non-hydrogen) atoms. The molecule has 152 valence electrons. The van der Waals surface area contributed by atoms with Gasteiger partial charge in [0.2, 0.25) is 0 Å². The summed E-state index contributed by atoms with van der Waals surface area (Å²) in [4.78, 5) is 12.4. The zero-order valence-corrected chi connectivity index (χ0v) is 15.7. The van der Waals surface area contributed by atoms with Gasteiger partial charge in [-0.3, -0.25) is 4.79 Å². The minimum atomic E-state index is -6.17. The molecule has 11 heteroatoms. The molecule has 0 radical (unpaired) electrons. The van der Waals surface area contributed by atoms with Crippen molar-refractivity contribution in [3.8, 4) is 0 Å². The molecule has 3 nitrogen and oxygen atoms in total. The Morgan fingerprint density at radius 3 is 2.12 bits per heavy atom. The number of amides is 1. The maximum Gasteiger partial charge on any atom is 0.525 e. The van der Waals surface area contributed by atoms with Crippen LogP contribution < -0.4 is 0 Å². The Kier molecular flexibility index (Phi) is 6.61. The Morgan fingerprint density at radius 2 is 1.69 bits per heavy atom. The van der Waals surface area contributed by atoms with E-state index < -0.39 is 38.4 Å². The van der Waals surface area contributed by atoms with Crippen molar-refractivity contribution in [3.63, 3.8) is 0 Å². The zero-order valence-electron chi connectivity index (χ0n) is 14.7. The molecule has 0 aromatic heterocycles. The van der Waals surface area contributed by atoms with E-state index in [4.69, 9.17) is 0 Å². The molecule has 1 rings (SSSR count). The van der Waals surface area contributed by atoms with Gasteiger partial charge in [0.05, 0.1) is 8.07 Å². The number of hydrogen-bond donors (Lipinski definition) is 0. The Balaban J connectivity index is 3.07. The lowest BCUT2D eigenvalue weighted by Crippen LogP contribution is -2.60. The summed E-state index contributed by atoms with van der Waals surface area (Å²) in [7, 11) is -1.05. The van der Waals surface area contributed by atoms with Crippen molar-refractivity contribution in [2.24, 2.45) is 0 Å². The number of alkyl halides is 7. The van der Waals surface area contributed by atoms with Gasteiger partial charge in [0.25, 0.3) is 5.91 Å². The van der Waals surface area contributed by atoms with E-state index in [9.17, 15) is 35.5 Å². The first-order chi connectivity index (χ1) is 11.5. The van der Waals surface area contributed by atoms with Crippen LogP contribution >= 0.6 is 0 Å². The largest absolute Gasteiger partial charge is 0.525 e. The fraction of sp³-hybridized carbons (Fsp3) is 0.800. The van der Waals surface area contributed by atoms with Gasteiger partial charge in [0, 0.05) is 13.1 Å². The van der Waals surface area contributed by atoms with Crippen LogP contribution in [0.2, 0.25) is 18.6 Å². The molecule has 0 saturated heterocycles. The van der Waals surface area contributed by atoms with Gasteiger partial charge >= 0.3 is 18.4 Å². The number of carbonyl (C=O) groups excluding carboxylic acids is 1. The third kappa shape index (κ3) is 4.99. The van der Waals surface area contributed by atoms with Crippen molar-refractivity contribution in [3.05, 3.63) is 12.3 Å². The fourth-order valence-electron chi connectivity index (χ4n) is 3.13. The number of halogens is 7. The van der Waals surface area contributed by atoms with Crippen LogP contribution in [0.4, 0.5) is 30.7 Å². The molecule has 0 bridgehead atoms. The van der Waals surface area contributed by atoms with Crippen molar-refractivity contribution >= 4 is 14.0 Å². The molecule has 0 spiro atoms. The summed E-state index contributed by atoms with van der Waals surface area (Å²) in [5, 5.41) is 0. The average Bonchev–Trinajstić information content (AvgIpc) is 2.50. The summed E-state index contributed by atoms with van der Waals surface area (Å²) in [6, 6.07) is -0.803. The summed E-state index contributed by atoms with van der Waals surface area (Å²) in [6.07, 6.45) is -10.2. The van der Waals surface area contributed by atoms with Crippen LogP contribution in [0.15, 0.2) is 12.3 Å². The standard InChI is InChI=1S/C15H22F7NO2Si/c1-5-26(3,4)11-8-6-7-10(9-11)23(2)12(24)13(16,14(17,18)19)25-15(20,21)22/h5,10-11H,1,6-9H2,2-4H3. The van der Waals surface area contributed by atoms with E-state index in [1.165, 1.54) is 0 Å². The molecule has 3 unspecified atom stereocenters. The summed E-state index contributed by atoms with van der Waals surface area (Å²) in [5.41, 5.74) is 1.89. The minimum Gasteiger partial charge on any atom is -0.337 e. The number of rotatable bonds is 5. The van der Waals surface area contributed by atoms with Crippen LogP contribution in [0.5, 0.6) is 0 Å². The number of ether oxygens (including phenoxy) is 1.